The Bertz CT molecular complexity index is 1580. The zero-order valence-electron chi connectivity index (χ0n) is 21.9. The van der Waals surface area contributed by atoms with Crippen LogP contribution >= 0.6 is 0 Å². The van der Waals surface area contributed by atoms with Crippen molar-refractivity contribution >= 4 is 34.4 Å². The molecule has 39 heavy (non-hydrogen) atoms. The molecule has 8 heteroatoms. The highest BCUT2D eigenvalue weighted by atomic mass is 16.5. The molecule has 3 heterocycles. The molecular formula is C31H30N4O4. The van der Waals surface area contributed by atoms with Crippen molar-refractivity contribution in [3.63, 3.8) is 0 Å². The van der Waals surface area contributed by atoms with Gasteiger partial charge in [-0.2, -0.15) is 0 Å². The standard InChI is InChI=1S/C31H30N4O4/c1-3-4-17-32-29(36)22-10-6-8-12-25(22)35-30(37)26-18-23-21-9-5-7-11-24(21)33-27(23)28(34(26)31(35)38)19-13-15-20(39-2)16-14-19/h5-16,26,28,33H,3-4,17-18H2,1-2H3,(H,32,36)/t26-,28-/m0/s1. The molecule has 2 aliphatic rings. The predicted molar refractivity (Wildman–Crippen MR) is 149 cm³/mol. The van der Waals surface area contributed by atoms with E-state index >= 15 is 0 Å². The molecule has 1 saturated heterocycles. The number of benzene rings is 3. The lowest BCUT2D eigenvalue weighted by molar-refractivity contribution is -0.120. The molecule has 0 saturated carbocycles. The van der Waals surface area contributed by atoms with E-state index in [1.54, 1.807) is 36.3 Å². The molecule has 2 aliphatic heterocycles. The molecule has 0 radical (unpaired) electrons. The van der Waals surface area contributed by atoms with Crippen molar-refractivity contribution in [2.24, 2.45) is 0 Å². The number of unbranched alkanes of at least 4 members (excludes halogenated alkanes) is 1. The van der Waals surface area contributed by atoms with Crippen LogP contribution in [0.2, 0.25) is 0 Å². The van der Waals surface area contributed by atoms with Gasteiger partial charge in [-0.25, -0.2) is 9.69 Å². The molecule has 0 unspecified atom stereocenters. The Balaban J connectivity index is 1.45. The fourth-order valence-corrected chi connectivity index (χ4v) is 5.76. The minimum atomic E-state index is -0.701. The highest BCUT2D eigenvalue weighted by Gasteiger charge is 2.53. The number of hydrogen-bond acceptors (Lipinski definition) is 4. The third kappa shape index (κ3) is 4.03. The van der Waals surface area contributed by atoms with Gasteiger partial charge in [-0.05, 0) is 47.9 Å². The summed E-state index contributed by atoms with van der Waals surface area (Å²) < 4.78 is 5.36. The number of imide groups is 1. The number of amides is 4. The summed E-state index contributed by atoms with van der Waals surface area (Å²) in [5, 5.41) is 3.95. The van der Waals surface area contributed by atoms with E-state index in [4.69, 9.17) is 4.74 Å². The summed E-state index contributed by atoms with van der Waals surface area (Å²) in [6, 6.07) is 20.7. The van der Waals surface area contributed by atoms with Crippen molar-refractivity contribution in [1.29, 1.82) is 0 Å². The number of fused-ring (bicyclic) bond motifs is 4. The first kappa shape index (κ1) is 24.7. The molecule has 0 aliphatic carbocycles. The van der Waals surface area contributed by atoms with Crippen LogP contribution in [0.25, 0.3) is 10.9 Å². The van der Waals surface area contributed by atoms with E-state index < -0.39 is 18.1 Å². The molecule has 8 nitrogen and oxygen atoms in total. The van der Waals surface area contributed by atoms with Crippen LogP contribution in [0.1, 0.15) is 53.0 Å². The van der Waals surface area contributed by atoms with Gasteiger partial charge in [-0.1, -0.05) is 55.8 Å². The van der Waals surface area contributed by atoms with Crippen molar-refractivity contribution in [2.75, 3.05) is 18.6 Å². The van der Waals surface area contributed by atoms with Gasteiger partial charge in [0.25, 0.3) is 11.8 Å². The summed E-state index contributed by atoms with van der Waals surface area (Å²) in [5.41, 5.74) is 4.36. The Morgan fingerprint density at radius 3 is 2.54 bits per heavy atom. The summed E-state index contributed by atoms with van der Waals surface area (Å²) in [4.78, 5) is 47.7. The Kier molecular flexibility index (Phi) is 6.30. The number of aromatic amines is 1. The minimum absolute atomic E-state index is 0.299. The summed E-state index contributed by atoms with van der Waals surface area (Å²) in [6.45, 7) is 2.58. The Labute approximate surface area is 226 Å². The lowest BCUT2D eigenvalue weighted by Crippen LogP contribution is -2.44. The number of nitrogens with one attached hydrogen (secondary N) is 2. The Morgan fingerprint density at radius 1 is 1.03 bits per heavy atom. The average Bonchev–Trinajstić information content (AvgIpc) is 3.46. The van der Waals surface area contributed by atoms with Crippen LogP contribution < -0.4 is 15.0 Å². The van der Waals surface area contributed by atoms with Gasteiger partial charge in [-0.3, -0.25) is 14.5 Å². The van der Waals surface area contributed by atoms with E-state index in [0.29, 0.717) is 30.0 Å². The number of H-pyrrole nitrogens is 1. The maximum Gasteiger partial charge on any atom is 0.332 e. The van der Waals surface area contributed by atoms with E-state index in [1.165, 1.54) is 4.90 Å². The molecule has 1 fully saturated rings. The number of ether oxygens (including phenoxy) is 1. The van der Waals surface area contributed by atoms with Gasteiger partial charge in [0.05, 0.1) is 18.4 Å². The zero-order chi connectivity index (χ0) is 27.1. The van der Waals surface area contributed by atoms with Crippen LogP contribution in [-0.2, 0) is 11.2 Å². The summed E-state index contributed by atoms with van der Waals surface area (Å²) in [5.74, 6) is 0.0761. The smallest absolute Gasteiger partial charge is 0.332 e. The zero-order valence-corrected chi connectivity index (χ0v) is 21.9. The third-order valence-electron chi connectivity index (χ3n) is 7.69. The summed E-state index contributed by atoms with van der Waals surface area (Å²) in [7, 11) is 1.61. The third-order valence-corrected chi connectivity index (χ3v) is 7.69. The molecular weight excluding hydrogens is 492 g/mol. The van der Waals surface area contributed by atoms with Crippen LogP contribution in [0, 0.1) is 0 Å². The highest BCUT2D eigenvalue weighted by molar-refractivity contribution is 6.24. The van der Waals surface area contributed by atoms with E-state index in [9.17, 15) is 14.4 Å². The second kappa shape index (κ2) is 9.94. The normalized spacial score (nSPS) is 18.3. The van der Waals surface area contributed by atoms with E-state index in [2.05, 4.69) is 17.2 Å². The second-order valence-corrected chi connectivity index (χ2v) is 9.95. The number of carbonyl (C=O) groups excluding carboxylic acids is 3. The second-order valence-electron chi connectivity index (χ2n) is 9.95. The molecule has 4 aromatic rings. The van der Waals surface area contributed by atoms with Gasteiger partial charge in [0, 0.05) is 29.6 Å². The van der Waals surface area contributed by atoms with Crippen LogP contribution in [0.3, 0.4) is 0 Å². The molecule has 1 aromatic heterocycles. The van der Waals surface area contributed by atoms with Crippen molar-refractivity contribution in [1.82, 2.24) is 15.2 Å². The number of aromatic nitrogens is 1. The van der Waals surface area contributed by atoms with Crippen LogP contribution in [0.4, 0.5) is 10.5 Å². The maximum atomic E-state index is 14.2. The fraction of sp³-hybridized carbons (Fsp3) is 0.258. The number of anilines is 1. The van der Waals surface area contributed by atoms with Crippen molar-refractivity contribution in [3.8, 4) is 5.75 Å². The molecule has 3 aromatic carbocycles. The molecule has 0 bridgehead atoms. The van der Waals surface area contributed by atoms with Gasteiger partial charge in [0.15, 0.2) is 0 Å². The fourth-order valence-electron chi connectivity index (χ4n) is 5.76. The van der Waals surface area contributed by atoms with Crippen molar-refractivity contribution in [3.05, 3.63) is 95.2 Å². The summed E-state index contributed by atoms with van der Waals surface area (Å²) >= 11 is 0. The monoisotopic (exact) mass is 522 g/mol. The SMILES string of the molecule is CCCCNC(=O)c1ccccc1N1C(=O)[C@@H]2Cc3c([nH]c4ccccc34)[C@H](c3ccc(OC)cc3)N2C1=O. The number of hydrogen-bond donors (Lipinski definition) is 2. The number of urea groups is 1. The number of para-hydroxylation sites is 2. The first-order chi connectivity index (χ1) is 19.0. The number of carbonyl (C=O) groups is 3. The average molecular weight is 523 g/mol. The molecule has 2 N–H and O–H groups in total. The van der Waals surface area contributed by atoms with Crippen molar-refractivity contribution in [2.45, 2.75) is 38.3 Å². The lowest BCUT2D eigenvalue weighted by Gasteiger charge is -2.36. The molecule has 4 amide bonds. The first-order valence-electron chi connectivity index (χ1n) is 13.3. The first-order valence-corrected chi connectivity index (χ1v) is 13.3. The maximum absolute atomic E-state index is 14.2. The van der Waals surface area contributed by atoms with E-state index in [1.807, 2.05) is 48.5 Å². The molecule has 198 valence electrons. The van der Waals surface area contributed by atoms with Crippen molar-refractivity contribution < 1.29 is 19.1 Å². The molecule has 2 atom stereocenters. The quantitative estimate of drug-likeness (QED) is 0.258. The topological polar surface area (TPSA) is 94.7 Å². The highest BCUT2D eigenvalue weighted by Crippen LogP contribution is 2.45. The summed E-state index contributed by atoms with van der Waals surface area (Å²) in [6.07, 6.45) is 2.18. The largest absolute Gasteiger partial charge is 0.497 e. The van der Waals surface area contributed by atoms with Crippen LogP contribution in [0.15, 0.2) is 72.8 Å². The van der Waals surface area contributed by atoms with Gasteiger partial charge >= 0.3 is 6.03 Å². The number of nitrogens with zero attached hydrogens (tertiary/aromatic N) is 2. The molecule has 0 spiro atoms. The van der Waals surface area contributed by atoms with Gasteiger partial charge in [-0.15, -0.1) is 0 Å². The van der Waals surface area contributed by atoms with Crippen LogP contribution in [0.5, 0.6) is 5.75 Å². The predicted octanol–water partition coefficient (Wildman–Crippen LogP) is 5.19. The lowest BCUT2D eigenvalue weighted by atomic mass is 9.89. The Hall–Kier alpha value is -4.59. The minimum Gasteiger partial charge on any atom is -0.497 e. The number of methoxy groups -OCH3 is 1. The Morgan fingerprint density at radius 2 is 1.77 bits per heavy atom. The van der Waals surface area contributed by atoms with Crippen LogP contribution in [-0.4, -0.2) is 47.4 Å². The van der Waals surface area contributed by atoms with E-state index in [-0.39, 0.29) is 11.8 Å². The van der Waals surface area contributed by atoms with Gasteiger partial charge in [0.2, 0.25) is 0 Å². The van der Waals surface area contributed by atoms with E-state index in [0.717, 1.165) is 40.6 Å². The van der Waals surface area contributed by atoms with Gasteiger partial charge < -0.3 is 15.0 Å². The number of rotatable bonds is 7. The van der Waals surface area contributed by atoms with Gasteiger partial charge in [0.1, 0.15) is 17.8 Å². The molecule has 6 rings (SSSR count).